The highest BCUT2D eigenvalue weighted by Gasteiger charge is 2.32. The van der Waals surface area contributed by atoms with Crippen LogP contribution in [0.2, 0.25) is 0 Å². The van der Waals surface area contributed by atoms with Crippen LogP contribution in [-0.2, 0) is 4.79 Å². The summed E-state index contributed by atoms with van der Waals surface area (Å²) in [5, 5.41) is 8.72. The molecular weight excluding hydrogens is 320 g/mol. The predicted octanol–water partition coefficient (Wildman–Crippen LogP) is 1.19. The molecule has 2 saturated heterocycles. The minimum Gasteiger partial charge on any atom is -0.459 e. The summed E-state index contributed by atoms with van der Waals surface area (Å²) in [5.41, 5.74) is 0. The fraction of sp³-hybridized carbons (Fsp3) is 0.611. The van der Waals surface area contributed by atoms with Crippen molar-refractivity contribution in [1.82, 2.24) is 14.7 Å². The molecule has 0 aromatic carbocycles. The van der Waals surface area contributed by atoms with E-state index in [1.807, 2.05) is 4.90 Å². The molecule has 0 N–H and O–H groups in total. The smallest absolute Gasteiger partial charge is 0.289 e. The van der Waals surface area contributed by atoms with Crippen LogP contribution in [0.5, 0.6) is 0 Å². The zero-order valence-corrected chi connectivity index (χ0v) is 14.4. The van der Waals surface area contributed by atoms with Crippen molar-refractivity contribution in [3.63, 3.8) is 0 Å². The van der Waals surface area contributed by atoms with Gasteiger partial charge in [0.05, 0.1) is 18.3 Å². The summed E-state index contributed by atoms with van der Waals surface area (Å²) >= 11 is 0. The average Bonchev–Trinajstić information content (AvgIpc) is 3.20. The highest BCUT2D eigenvalue weighted by Crippen LogP contribution is 2.20. The monoisotopic (exact) mass is 344 g/mol. The Morgan fingerprint density at radius 2 is 1.96 bits per heavy atom. The molecule has 134 valence electrons. The molecule has 0 saturated carbocycles. The molecule has 1 aromatic heterocycles. The van der Waals surface area contributed by atoms with E-state index in [4.69, 9.17) is 9.68 Å². The van der Waals surface area contributed by atoms with Gasteiger partial charge in [-0.1, -0.05) is 0 Å². The number of piperazine rings is 1. The van der Waals surface area contributed by atoms with Crippen molar-refractivity contribution in [3.8, 4) is 6.07 Å². The standard InChI is InChI=1S/C18H24N4O3/c19-6-3-8-20-7-1-4-15(14-20)17(23)21-9-11-22(12-10-21)18(24)16-5-2-13-25-16/h2,5,13,15H,1,3-4,7-12,14H2. The van der Waals surface area contributed by atoms with Gasteiger partial charge in [-0.05, 0) is 31.5 Å². The van der Waals surface area contributed by atoms with Gasteiger partial charge in [0, 0.05) is 45.7 Å². The molecule has 2 amide bonds. The number of piperidine rings is 1. The first-order valence-electron chi connectivity index (χ1n) is 8.90. The van der Waals surface area contributed by atoms with Gasteiger partial charge >= 0.3 is 0 Å². The summed E-state index contributed by atoms with van der Waals surface area (Å²) in [5.74, 6) is 0.434. The quantitative estimate of drug-likeness (QED) is 0.819. The van der Waals surface area contributed by atoms with Crippen molar-refractivity contribution >= 4 is 11.8 Å². The number of nitriles is 1. The Labute approximate surface area is 147 Å². The van der Waals surface area contributed by atoms with Gasteiger partial charge in [0.1, 0.15) is 0 Å². The van der Waals surface area contributed by atoms with Crippen molar-refractivity contribution in [3.05, 3.63) is 24.2 Å². The molecule has 7 nitrogen and oxygen atoms in total. The maximum Gasteiger partial charge on any atom is 0.289 e. The van der Waals surface area contributed by atoms with Crippen molar-refractivity contribution in [2.45, 2.75) is 19.3 Å². The van der Waals surface area contributed by atoms with Crippen molar-refractivity contribution in [2.75, 3.05) is 45.8 Å². The van der Waals surface area contributed by atoms with E-state index in [1.165, 1.54) is 6.26 Å². The lowest BCUT2D eigenvalue weighted by Gasteiger charge is -2.38. The Kier molecular flexibility index (Phi) is 5.71. The summed E-state index contributed by atoms with van der Waals surface area (Å²) in [6.45, 7) is 4.67. The van der Waals surface area contributed by atoms with Crippen LogP contribution in [0.15, 0.2) is 22.8 Å². The summed E-state index contributed by atoms with van der Waals surface area (Å²) < 4.78 is 5.16. The summed E-state index contributed by atoms with van der Waals surface area (Å²) in [4.78, 5) is 30.9. The Bertz CT molecular complexity index is 629. The van der Waals surface area contributed by atoms with E-state index in [-0.39, 0.29) is 17.7 Å². The van der Waals surface area contributed by atoms with Crippen LogP contribution in [0, 0.1) is 17.2 Å². The van der Waals surface area contributed by atoms with Gasteiger partial charge in [-0.2, -0.15) is 5.26 Å². The summed E-state index contributed by atoms with van der Waals surface area (Å²) in [6, 6.07) is 5.53. The molecule has 0 bridgehead atoms. The van der Waals surface area contributed by atoms with Crippen LogP contribution in [-0.4, -0.2) is 72.3 Å². The Morgan fingerprint density at radius 3 is 2.64 bits per heavy atom. The molecule has 1 aromatic rings. The van der Waals surface area contributed by atoms with Gasteiger partial charge in [0.15, 0.2) is 5.76 Å². The summed E-state index contributed by atoms with van der Waals surface area (Å²) in [7, 11) is 0. The van der Waals surface area contributed by atoms with Crippen LogP contribution in [0.25, 0.3) is 0 Å². The maximum absolute atomic E-state index is 12.8. The second kappa shape index (κ2) is 8.17. The molecule has 0 aliphatic carbocycles. The topological polar surface area (TPSA) is 80.8 Å². The van der Waals surface area contributed by atoms with Crippen molar-refractivity contribution in [1.29, 1.82) is 5.26 Å². The molecule has 25 heavy (non-hydrogen) atoms. The number of carbonyl (C=O) groups is 2. The molecule has 1 atom stereocenters. The van der Waals surface area contributed by atoms with Crippen LogP contribution in [0.3, 0.4) is 0 Å². The highest BCUT2D eigenvalue weighted by molar-refractivity contribution is 5.91. The van der Waals surface area contributed by atoms with E-state index in [9.17, 15) is 9.59 Å². The largest absolute Gasteiger partial charge is 0.459 e. The normalized spacial score (nSPS) is 21.8. The number of likely N-dealkylation sites (tertiary alicyclic amines) is 1. The minimum absolute atomic E-state index is 0.0137. The lowest BCUT2D eigenvalue weighted by atomic mass is 9.96. The highest BCUT2D eigenvalue weighted by atomic mass is 16.3. The number of hydrogen-bond donors (Lipinski definition) is 0. The van der Waals surface area contributed by atoms with Crippen LogP contribution >= 0.6 is 0 Å². The zero-order valence-electron chi connectivity index (χ0n) is 14.4. The third-order valence-electron chi connectivity index (χ3n) is 5.01. The third kappa shape index (κ3) is 4.20. The van der Waals surface area contributed by atoms with Gasteiger partial charge in [-0.3, -0.25) is 9.59 Å². The first kappa shape index (κ1) is 17.5. The van der Waals surface area contributed by atoms with E-state index in [2.05, 4.69) is 11.0 Å². The number of hydrogen-bond acceptors (Lipinski definition) is 5. The molecule has 0 radical (unpaired) electrons. The molecule has 3 heterocycles. The Balaban J connectivity index is 1.49. The molecule has 1 unspecified atom stereocenters. The third-order valence-corrected chi connectivity index (χ3v) is 5.01. The zero-order chi connectivity index (χ0) is 17.6. The van der Waals surface area contributed by atoms with E-state index >= 15 is 0 Å². The van der Waals surface area contributed by atoms with Gasteiger partial charge in [0.25, 0.3) is 5.91 Å². The maximum atomic E-state index is 12.8. The number of rotatable bonds is 4. The van der Waals surface area contributed by atoms with Crippen molar-refractivity contribution in [2.24, 2.45) is 5.92 Å². The molecular formula is C18H24N4O3. The number of carbonyl (C=O) groups excluding carboxylic acids is 2. The first-order valence-corrected chi connectivity index (χ1v) is 8.90. The predicted molar refractivity (Wildman–Crippen MR) is 90.6 cm³/mol. The van der Waals surface area contributed by atoms with Gasteiger partial charge in [-0.15, -0.1) is 0 Å². The van der Waals surface area contributed by atoms with Gasteiger partial charge in [-0.25, -0.2) is 0 Å². The molecule has 3 rings (SSSR count). The van der Waals surface area contributed by atoms with E-state index < -0.39 is 0 Å². The number of amides is 2. The second-order valence-corrected chi connectivity index (χ2v) is 6.64. The lowest BCUT2D eigenvalue weighted by Crippen LogP contribution is -2.53. The average molecular weight is 344 g/mol. The SMILES string of the molecule is N#CCCN1CCCC(C(=O)N2CCN(C(=O)c3ccco3)CC2)C1. The Hall–Kier alpha value is -2.33. The van der Waals surface area contributed by atoms with E-state index in [1.54, 1.807) is 17.0 Å². The van der Waals surface area contributed by atoms with E-state index in [0.717, 1.165) is 32.5 Å². The second-order valence-electron chi connectivity index (χ2n) is 6.64. The van der Waals surface area contributed by atoms with Gasteiger partial charge in [0.2, 0.25) is 5.91 Å². The Morgan fingerprint density at radius 1 is 1.20 bits per heavy atom. The fourth-order valence-electron chi connectivity index (χ4n) is 3.61. The molecule has 2 aliphatic rings. The molecule has 2 fully saturated rings. The fourth-order valence-corrected chi connectivity index (χ4v) is 3.61. The minimum atomic E-state index is -0.113. The number of furan rings is 1. The summed E-state index contributed by atoms with van der Waals surface area (Å²) in [6.07, 6.45) is 3.91. The van der Waals surface area contributed by atoms with Gasteiger partial charge < -0.3 is 19.1 Å². The van der Waals surface area contributed by atoms with Crippen LogP contribution in [0.1, 0.15) is 29.8 Å². The van der Waals surface area contributed by atoms with Crippen LogP contribution in [0.4, 0.5) is 0 Å². The van der Waals surface area contributed by atoms with Crippen molar-refractivity contribution < 1.29 is 14.0 Å². The van der Waals surface area contributed by atoms with Crippen LogP contribution < -0.4 is 0 Å². The lowest BCUT2D eigenvalue weighted by molar-refractivity contribution is -0.138. The number of nitrogens with zero attached hydrogens (tertiary/aromatic N) is 4. The molecule has 7 heteroatoms. The van der Waals surface area contributed by atoms with E-state index in [0.29, 0.717) is 38.4 Å². The molecule has 2 aliphatic heterocycles. The molecule has 0 spiro atoms. The first-order chi connectivity index (χ1) is 12.2.